The summed E-state index contributed by atoms with van der Waals surface area (Å²) in [6.45, 7) is 1.70. The fourth-order valence-corrected chi connectivity index (χ4v) is 2.53. The SMILES string of the molecule is Cc1c(C(=O)Cc2cccc(C(F)(F)F)c2)nnn1-c1ccccc1. The molecule has 0 atom stereocenters. The molecular formula is C18H14F3N3O. The topological polar surface area (TPSA) is 47.8 Å². The van der Waals surface area contributed by atoms with Crippen LogP contribution >= 0.6 is 0 Å². The van der Waals surface area contributed by atoms with Crippen LogP contribution in [-0.4, -0.2) is 20.8 Å². The maximum atomic E-state index is 12.8. The Morgan fingerprint density at radius 3 is 2.48 bits per heavy atom. The second-order valence-corrected chi connectivity index (χ2v) is 5.57. The molecule has 128 valence electrons. The summed E-state index contributed by atoms with van der Waals surface area (Å²) in [6, 6.07) is 13.9. The van der Waals surface area contributed by atoms with Gasteiger partial charge in [-0.1, -0.05) is 41.6 Å². The Balaban J connectivity index is 1.85. The van der Waals surface area contributed by atoms with Gasteiger partial charge in [-0.3, -0.25) is 4.79 Å². The lowest BCUT2D eigenvalue weighted by atomic mass is 10.0. The van der Waals surface area contributed by atoms with Crippen molar-refractivity contribution in [2.24, 2.45) is 0 Å². The Bertz CT molecular complexity index is 901. The lowest BCUT2D eigenvalue weighted by Crippen LogP contribution is -2.09. The van der Waals surface area contributed by atoms with Crippen LogP contribution in [0.4, 0.5) is 13.2 Å². The summed E-state index contributed by atoms with van der Waals surface area (Å²) < 4.78 is 39.8. The fourth-order valence-electron chi connectivity index (χ4n) is 2.53. The van der Waals surface area contributed by atoms with Crippen molar-refractivity contribution < 1.29 is 18.0 Å². The van der Waals surface area contributed by atoms with Crippen molar-refractivity contribution in [3.63, 3.8) is 0 Å². The Labute approximate surface area is 141 Å². The zero-order valence-corrected chi connectivity index (χ0v) is 13.3. The summed E-state index contributed by atoms with van der Waals surface area (Å²) in [5.74, 6) is -0.376. The van der Waals surface area contributed by atoms with E-state index in [2.05, 4.69) is 10.3 Å². The molecule has 3 aromatic rings. The zero-order valence-electron chi connectivity index (χ0n) is 13.3. The molecule has 0 saturated carbocycles. The van der Waals surface area contributed by atoms with E-state index in [0.29, 0.717) is 5.69 Å². The fraction of sp³-hybridized carbons (Fsp3) is 0.167. The second-order valence-electron chi connectivity index (χ2n) is 5.57. The Morgan fingerprint density at radius 2 is 1.80 bits per heavy atom. The van der Waals surface area contributed by atoms with Crippen LogP contribution in [0.3, 0.4) is 0 Å². The molecule has 4 nitrogen and oxygen atoms in total. The van der Waals surface area contributed by atoms with Crippen molar-refractivity contribution in [3.05, 3.63) is 77.1 Å². The van der Waals surface area contributed by atoms with Crippen molar-refractivity contribution in [1.29, 1.82) is 0 Å². The molecule has 0 saturated heterocycles. The number of hydrogen-bond acceptors (Lipinski definition) is 3. The minimum atomic E-state index is -4.44. The summed E-state index contributed by atoms with van der Waals surface area (Å²) in [5.41, 5.74) is 0.964. The van der Waals surface area contributed by atoms with E-state index in [1.165, 1.54) is 16.8 Å². The van der Waals surface area contributed by atoms with Gasteiger partial charge in [-0.05, 0) is 30.7 Å². The van der Waals surface area contributed by atoms with E-state index in [-0.39, 0.29) is 23.5 Å². The van der Waals surface area contributed by atoms with E-state index in [9.17, 15) is 18.0 Å². The lowest BCUT2D eigenvalue weighted by Gasteiger charge is -2.08. The number of para-hydroxylation sites is 1. The van der Waals surface area contributed by atoms with E-state index in [1.807, 2.05) is 30.3 Å². The van der Waals surface area contributed by atoms with Crippen molar-refractivity contribution in [2.45, 2.75) is 19.5 Å². The molecule has 0 aliphatic carbocycles. The highest BCUT2D eigenvalue weighted by molar-refractivity contribution is 5.96. The highest BCUT2D eigenvalue weighted by Gasteiger charge is 2.30. The van der Waals surface area contributed by atoms with Gasteiger partial charge in [0.15, 0.2) is 11.5 Å². The standard InChI is InChI=1S/C18H14F3N3O/c1-12-17(22-23-24(12)15-8-3-2-4-9-15)16(25)11-13-6-5-7-14(10-13)18(19,20)21/h2-10H,11H2,1H3. The number of carbonyl (C=O) groups is 1. The van der Waals surface area contributed by atoms with Crippen LogP contribution in [0.1, 0.15) is 27.3 Å². The zero-order chi connectivity index (χ0) is 18.0. The van der Waals surface area contributed by atoms with Gasteiger partial charge in [0.1, 0.15) is 0 Å². The summed E-state index contributed by atoms with van der Waals surface area (Å²) in [4.78, 5) is 12.4. The number of carbonyl (C=O) groups excluding carboxylic acids is 1. The summed E-state index contributed by atoms with van der Waals surface area (Å²) >= 11 is 0. The smallest absolute Gasteiger partial charge is 0.292 e. The van der Waals surface area contributed by atoms with E-state index in [0.717, 1.165) is 17.8 Å². The highest BCUT2D eigenvalue weighted by atomic mass is 19.4. The molecular weight excluding hydrogens is 331 g/mol. The van der Waals surface area contributed by atoms with Gasteiger partial charge < -0.3 is 0 Å². The van der Waals surface area contributed by atoms with Crippen LogP contribution in [-0.2, 0) is 12.6 Å². The molecule has 2 aromatic carbocycles. The molecule has 25 heavy (non-hydrogen) atoms. The van der Waals surface area contributed by atoms with E-state index in [1.54, 1.807) is 6.92 Å². The quantitative estimate of drug-likeness (QED) is 0.671. The first-order valence-corrected chi connectivity index (χ1v) is 7.53. The van der Waals surface area contributed by atoms with E-state index >= 15 is 0 Å². The third-order valence-electron chi connectivity index (χ3n) is 3.78. The molecule has 0 unspecified atom stereocenters. The molecule has 3 rings (SSSR count). The number of ketones is 1. The molecule has 0 amide bonds. The van der Waals surface area contributed by atoms with Gasteiger partial charge in [0.25, 0.3) is 0 Å². The van der Waals surface area contributed by atoms with Crippen LogP contribution in [0.15, 0.2) is 54.6 Å². The molecule has 0 aliphatic rings. The predicted octanol–water partition coefficient (Wildman–Crippen LogP) is 4.02. The number of nitrogens with zero attached hydrogens (tertiary/aromatic N) is 3. The summed E-state index contributed by atoms with van der Waals surface area (Å²) in [6.07, 6.45) is -4.61. The molecule has 0 N–H and O–H groups in total. The first-order valence-electron chi connectivity index (χ1n) is 7.53. The maximum Gasteiger partial charge on any atom is 0.416 e. The van der Waals surface area contributed by atoms with Gasteiger partial charge in [0, 0.05) is 6.42 Å². The number of hydrogen-bond donors (Lipinski definition) is 0. The number of rotatable bonds is 4. The van der Waals surface area contributed by atoms with Crippen molar-refractivity contribution >= 4 is 5.78 Å². The number of Topliss-reactive ketones (excluding diaryl/α,β-unsaturated/α-hetero) is 1. The first-order chi connectivity index (χ1) is 11.9. The second kappa shape index (κ2) is 6.51. The average molecular weight is 345 g/mol. The summed E-state index contributed by atoms with van der Waals surface area (Å²) in [5, 5.41) is 7.87. The number of aromatic nitrogens is 3. The van der Waals surface area contributed by atoms with E-state index in [4.69, 9.17) is 0 Å². The van der Waals surface area contributed by atoms with Crippen molar-refractivity contribution in [1.82, 2.24) is 15.0 Å². The summed E-state index contributed by atoms with van der Waals surface area (Å²) in [7, 11) is 0. The van der Waals surface area contributed by atoms with Crippen LogP contribution in [0, 0.1) is 6.92 Å². The van der Waals surface area contributed by atoms with Gasteiger partial charge in [0.05, 0.1) is 16.9 Å². The van der Waals surface area contributed by atoms with E-state index < -0.39 is 11.7 Å². The molecule has 7 heteroatoms. The van der Waals surface area contributed by atoms with Gasteiger partial charge in [0.2, 0.25) is 0 Å². The molecule has 1 heterocycles. The average Bonchev–Trinajstić information content (AvgIpc) is 2.97. The first kappa shape index (κ1) is 16.9. The molecule has 0 spiro atoms. The molecule has 0 bridgehead atoms. The molecule has 0 aliphatic heterocycles. The van der Waals surface area contributed by atoms with Crippen LogP contribution in [0.2, 0.25) is 0 Å². The Hall–Kier alpha value is -2.96. The van der Waals surface area contributed by atoms with Gasteiger partial charge in [-0.25, -0.2) is 4.68 Å². The highest BCUT2D eigenvalue weighted by Crippen LogP contribution is 2.29. The van der Waals surface area contributed by atoms with Gasteiger partial charge in [-0.2, -0.15) is 13.2 Å². The third kappa shape index (κ3) is 3.60. The Morgan fingerprint density at radius 1 is 1.08 bits per heavy atom. The monoisotopic (exact) mass is 345 g/mol. The third-order valence-corrected chi connectivity index (χ3v) is 3.78. The van der Waals surface area contributed by atoms with Crippen molar-refractivity contribution in [2.75, 3.05) is 0 Å². The normalized spacial score (nSPS) is 11.5. The van der Waals surface area contributed by atoms with Crippen LogP contribution in [0.5, 0.6) is 0 Å². The predicted molar refractivity (Wildman–Crippen MR) is 85.6 cm³/mol. The number of benzene rings is 2. The van der Waals surface area contributed by atoms with Crippen molar-refractivity contribution in [3.8, 4) is 5.69 Å². The number of alkyl halides is 3. The molecule has 1 aromatic heterocycles. The number of halogens is 3. The maximum absolute atomic E-state index is 12.8. The van der Waals surface area contributed by atoms with Crippen LogP contribution in [0.25, 0.3) is 5.69 Å². The van der Waals surface area contributed by atoms with Gasteiger partial charge >= 0.3 is 6.18 Å². The molecule has 0 fully saturated rings. The molecule has 0 radical (unpaired) electrons. The minimum absolute atomic E-state index is 0.154. The largest absolute Gasteiger partial charge is 0.416 e. The van der Waals surface area contributed by atoms with Gasteiger partial charge in [-0.15, -0.1) is 5.10 Å². The Kier molecular flexibility index (Phi) is 4.39. The minimum Gasteiger partial charge on any atom is -0.292 e. The van der Waals surface area contributed by atoms with Crippen LogP contribution < -0.4 is 0 Å². The lowest BCUT2D eigenvalue weighted by molar-refractivity contribution is -0.137.